The highest BCUT2D eigenvalue weighted by molar-refractivity contribution is 8.00. The lowest BCUT2D eigenvalue weighted by Gasteiger charge is -2.39. The molecular formula is C32H41F3N8O7S3. The predicted octanol–water partition coefficient (Wildman–Crippen LogP) is 3.61. The number of ether oxygens (including phenoxy) is 1. The lowest BCUT2D eigenvalue weighted by atomic mass is 10.0. The summed E-state index contributed by atoms with van der Waals surface area (Å²) in [4.78, 5) is 17.3. The number of sulfone groups is 1. The molecule has 4 heterocycles. The van der Waals surface area contributed by atoms with E-state index in [1.165, 1.54) is 28.6 Å². The largest absolute Gasteiger partial charge is 0.501 e. The summed E-state index contributed by atoms with van der Waals surface area (Å²) in [6, 6.07) is 12.0. The maximum Gasteiger partial charge on any atom is 0.501 e. The van der Waals surface area contributed by atoms with Gasteiger partial charge in [0.2, 0.25) is 5.95 Å². The Labute approximate surface area is 310 Å². The number of fused-ring (bicyclic) bond motifs is 1. The van der Waals surface area contributed by atoms with Gasteiger partial charge in [0.15, 0.2) is 0 Å². The summed E-state index contributed by atoms with van der Waals surface area (Å²) in [5.41, 5.74) is -6.01. The van der Waals surface area contributed by atoms with Gasteiger partial charge in [-0.25, -0.2) is 26.4 Å². The molecule has 1 aromatic heterocycles. The number of morpholine rings is 1. The predicted molar refractivity (Wildman–Crippen MR) is 190 cm³/mol. The Morgan fingerprint density at radius 3 is 2.38 bits per heavy atom. The third-order valence-electron chi connectivity index (χ3n) is 9.72. The molecule has 2 N–H and O–H groups in total. The van der Waals surface area contributed by atoms with E-state index in [0.717, 1.165) is 17.0 Å². The lowest BCUT2D eigenvalue weighted by molar-refractivity contribution is -0.0436. The number of nitrogens with zero attached hydrogens (tertiary/aromatic N) is 7. The number of aromatic nitrogens is 3. The summed E-state index contributed by atoms with van der Waals surface area (Å²) in [6.07, 6.45) is 0.746. The summed E-state index contributed by atoms with van der Waals surface area (Å²) < 4.78 is 105. The number of benzene rings is 2. The average Bonchev–Trinajstić information content (AvgIpc) is 3.54. The van der Waals surface area contributed by atoms with E-state index in [-0.39, 0.29) is 17.7 Å². The highest BCUT2D eigenvalue weighted by Crippen LogP contribution is 2.40. The highest BCUT2D eigenvalue weighted by Gasteiger charge is 2.49. The van der Waals surface area contributed by atoms with Crippen LogP contribution in [0.3, 0.4) is 0 Å². The van der Waals surface area contributed by atoms with Crippen LogP contribution in [0.4, 0.5) is 29.6 Å². The molecule has 0 spiro atoms. The molecule has 0 saturated carbocycles. The summed E-state index contributed by atoms with van der Waals surface area (Å²) in [7, 11) is -9.18. The SMILES string of the molecule is CN(c1ccc(S(=O)(=O)Nc2nnc3n2CCN(C2CCN(C(=O)O)CC2)C3)cc1S(=O)(=O)C(F)(F)F)[C@@H](CCN1CCOCC1)Sc1ccccc1. The van der Waals surface area contributed by atoms with E-state index in [2.05, 4.69) is 24.7 Å². The Hall–Kier alpha value is -3.63. The van der Waals surface area contributed by atoms with Crippen molar-refractivity contribution in [3.63, 3.8) is 0 Å². The van der Waals surface area contributed by atoms with E-state index in [1.807, 2.05) is 30.3 Å². The van der Waals surface area contributed by atoms with Gasteiger partial charge in [0.1, 0.15) is 10.7 Å². The number of thioether (sulfide) groups is 1. The van der Waals surface area contributed by atoms with E-state index in [1.54, 1.807) is 4.57 Å². The molecule has 2 saturated heterocycles. The minimum absolute atomic E-state index is 0.104. The van der Waals surface area contributed by atoms with Gasteiger partial charge in [-0.2, -0.15) is 13.2 Å². The van der Waals surface area contributed by atoms with Crippen molar-refractivity contribution < 1.29 is 44.6 Å². The molecule has 0 bridgehead atoms. The van der Waals surface area contributed by atoms with Crippen LogP contribution in [-0.4, -0.2) is 134 Å². The summed E-state index contributed by atoms with van der Waals surface area (Å²) >= 11 is 1.36. The van der Waals surface area contributed by atoms with Gasteiger partial charge in [-0.05, 0) is 49.6 Å². The second-order valence-corrected chi connectivity index (χ2v) is 17.8. The molecular weight excluding hydrogens is 762 g/mol. The second-order valence-electron chi connectivity index (χ2n) is 13.0. The molecule has 3 aliphatic rings. The number of piperidine rings is 1. The van der Waals surface area contributed by atoms with E-state index < -0.39 is 46.6 Å². The molecule has 3 aliphatic heterocycles. The number of nitrogens with one attached hydrogen (secondary N) is 1. The number of alkyl halides is 3. The molecule has 1 atom stereocenters. The number of rotatable bonds is 12. The fourth-order valence-electron chi connectivity index (χ4n) is 6.72. The van der Waals surface area contributed by atoms with E-state index in [4.69, 9.17) is 4.74 Å². The van der Waals surface area contributed by atoms with Crippen LogP contribution in [0.2, 0.25) is 0 Å². The average molecular weight is 803 g/mol. The van der Waals surface area contributed by atoms with Gasteiger partial charge < -0.3 is 19.6 Å². The first-order valence-electron chi connectivity index (χ1n) is 17.0. The van der Waals surface area contributed by atoms with Crippen molar-refractivity contribution >= 4 is 49.4 Å². The van der Waals surface area contributed by atoms with Crippen molar-refractivity contribution in [3.8, 4) is 0 Å². The molecule has 1 amide bonds. The summed E-state index contributed by atoms with van der Waals surface area (Å²) in [5, 5.41) is 16.8. The maximum atomic E-state index is 14.2. The van der Waals surface area contributed by atoms with Crippen LogP contribution in [-0.2, 0) is 37.7 Å². The first-order valence-corrected chi connectivity index (χ1v) is 20.9. The molecule has 53 heavy (non-hydrogen) atoms. The molecule has 2 fully saturated rings. The van der Waals surface area contributed by atoms with Crippen molar-refractivity contribution in [2.75, 3.05) is 69.2 Å². The molecule has 0 aliphatic carbocycles. The van der Waals surface area contributed by atoms with Gasteiger partial charge in [0, 0.05) is 63.8 Å². The van der Waals surface area contributed by atoms with Crippen molar-refractivity contribution in [3.05, 3.63) is 54.4 Å². The number of anilines is 2. The van der Waals surface area contributed by atoms with E-state index in [9.17, 15) is 39.9 Å². The smallest absolute Gasteiger partial charge is 0.465 e. The zero-order valence-electron chi connectivity index (χ0n) is 28.9. The first kappa shape index (κ1) is 39.1. The fourth-order valence-corrected chi connectivity index (χ4v) is 9.96. The molecule has 6 rings (SSSR count). The zero-order valence-corrected chi connectivity index (χ0v) is 31.3. The highest BCUT2D eigenvalue weighted by atomic mass is 32.2. The van der Waals surface area contributed by atoms with Gasteiger partial charge in [-0.1, -0.05) is 18.2 Å². The first-order chi connectivity index (χ1) is 25.1. The van der Waals surface area contributed by atoms with Gasteiger partial charge in [-0.15, -0.1) is 22.0 Å². The van der Waals surface area contributed by atoms with Crippen LogP contribution in [0.1, 0.15) is 25.1 Å². The molecule has 290 valence electrons. The normalized spacial score (nSPS) is 18.8. The Morgan fingerprint density at radius 1 is 1.02 bits per heavy atom. The number of hydrogen-bond donors (Lipinski definition) is 2. The van der Waals surface area contributed by atoms with Crippen molar-refractivity contribution in [1.82, 2.24) is 29.5 Å². The number of carboxylic acid groups (broad SMARTS) is 1. The Bertz CT molecular complexity index is 1970. The minimum atomic E-state index is -6.02. The van der Waals surface area contributed by atoms with Crippen molar-refractivity contribution in [2.24, 2.45) is 0 Å². The lowest BCUT2D eigenvalue weighted by Crippen LogP contribution is -2.48. The molecule has 15 nitrogen and oxygen atoms in total. The number of hydrogen-bond acceptors (Lipinski definition) is 12. The summed E-state index contributed by atoms with van der Waals surface area (Å²) in [6.45, 7) is 4.96. The zero-order chi connectivity index (χ0) is 38.0. The van der Waals surface area contributed by atoms with Gasteiger partial charge in [-0.3, -0.25) is 14.4 Å². The maximum absolute atomic E-state index is 14.2. The van der Waals surface area contributed by atoms with E-state index >= 15 is 0 Å². The van der Waals surface area contributed by atoms with E-state index in [0.29, 0.717) is 96.7 Å². The number of amides is 1. The van der Waals surface area contributed by atoms with Crippen LogP contribution < -0.4 is 9.62 Å². The standard InChI is InChI=1S/C32H41F3N8O7S3/c1-39(29(51-24-5-3-2-4-6-24)11-12-40-17-19-50-20-18-40)26-8-7-25(21-27(26)52(46,47)32(33,34)35)53(48,49)38-30-37-36-28-22-42(15-16-43(28)30)23-9-13-41(14-10-23)31(44)45/h2-8,21,23,29H,9-20,22H2,1H3,(H,37,38)(H,44,45)/t29-/m1/s1. The minimum Gasteiger partial charge on any atom is -0.465 e. The number of carbonyl (C=O) groups is 1. The summed E-state index contributed by atoms with van der Waals surface area (Å²) in [5.74, 6) is 0.287. The Kier molecular flexibility index (Phi) is 11.8. The van der Waals surface area contributed by atoms with Crippen LogP contribution in [0.5, 0.6) is 0 Å². The molecule has 3 aromatic rings. The van der Waals surface area contributed by atoms with Gasteiger partial charge in [0.25, 0.3) is 19.9 Å². The third kappa shape index (κ3) is 8.86. The van der Waals surface area contributed by atoms with Crippen LogP contribution in [0.15, 0.2) is 63.2 Å². The number of sulfonamides is 1. The topological polar surface area (TPSA) is 171 Å². The van der Waals surface area contributed by atoms with Gasteiger partial charge in [0.05, 0.1) is 35.7 Å². The Morgan fingerprint density at radius 2 is 1.72 bits per heavy atom. The van der Waals surface area contributed by atoms with Crippen LogP contribution in [0.25, 0.3) is 0 Å². The molecule has 0 radical (unpaired) electrons. The van der Waals surface area contributed by atoms with Crippen molar-refractivity contribution in [1.29, 1.82) is 0 Å². The van der Waals surface area contributed by atoms with Crippen molar-refractivity contribution in [2.45, 2.75) is 64.0 Å². The van der Waals surface area contributed by atoms with Crippen LogP contribution in [0, 0.1) is 0 Å². The number of halogens is 3. The molecule has 0 unspecified atom stereocenters. The van der Waals surface area contributed by atoms with Gasteiger partial charge >= 0.3 is 11.6 Å². The second kappa shape index (κ2) is 16.0. The fraction of sp³-hybridized carbons (Fsp3) is 0.531. The molecule has 21 heteroatoms. The third-order valence-corrected chi connectivity index (χ3v) is 13.9. The Balaban J connectivity index is 1.25. The number of likely N-dealkylation sites (tertiary alicyclic amines) is 1. The van der Waals surface area contributed by atoms with Crippen LogP contribution >= 0.6 is 11.8 Å². The monoisotopic (exact) mass is 802 g/mol. The molecule has 2 aromatic carbocycles. The quantitative estimate of drug-likeness (QED) is 0.201.